The molecule has 1 N–H and O–H groups in total. The van der Waals surface area contributed by atoms with E-state index >= 15 is 0 Å². The predicted octanol–water partition coefficient (Wildman–Crippen LogP) is 5.62. The van der Waals surface area contributed by atoms with Crippen molar-refractivity contribution in [2.45, 2.75) is 38.0 Å². The number of nitrogens with one attached hydrogen (secondary N) is 1. The van der Waals surface area contributed by atoms with E-state index in [1.54, 1.807) is 16.7 Å². The van der Waals surface area contributed by atoms with Gasteiger partial charge < -0.3 is 10.1 Å². The molecule has 2 atom stereocenters. The van der Waals surface area contributed by atoms with E-state index in [2.05, 4.69) is 24.4 Å². The van der Waals surface area contributed by atoms with Crippen molar-refractivity contribution in [3.63, 3.8) is 0 Å². The molecule has 0 unspecified atom stereocenters. The Hall–Kier alpha value is -3.88. The van der Waals surface area contributed by atoms with Gasteiger partial charge in [-0.15, -0.1) is 11.8 Å². The molecule has 1 saturated heterocycles. The van der Waals surface area contributed by atoms with E-state index in [0.29, 0.717) is 12.4 Å². The van der Waals surface area contributed by atoms with Crippen LogP contribution >= 0.6 is 11.8 Å². The van der Waals surface area contributed by atoms with E-state index in [1.165, 1.54) is 0 Å². The zero-order valence-electron chi connectivity index (χ0n) is 23.4. The number of amides is 2. The Morgan fingerprint density at radius 3 is 2.51 bits per heavy atom. The fourth-order valence-electron chi connectivity index (χ4n) is 5.55. The maximum Gasteiger partial charge on any atom is 0.240 e. The van der Waals surface area contributed by atoms with Crippen molar-refractivity contribution in [1.82, 2.24) is 15.1 Å². The van der Waals surface area contributed by atoms with Gasteiger partial charge in [-0.05, 0) is 49.9 Å². The summed E-state index contributed by atoms with van der Waals surface area (Å²) in [7, 11) is 0. The number of fused-ring (bicyclic) bond motifs is 1. The van der Waals surface area contributed by atoms with Crippen LogP contribution in [0.5, 0.6) is 0 Å². The van der Waals surface area contributed by atoms with E-state index in [4.69, 9.17) is 9.84 Å². The van der Waals surface area contributed by atoms with E-state index in [1.807, 2.05) is 78.3 Å². The Balaban J connectivity index is 1.52. The van der Waals surface area contributed by atoms with Crippen LogP contribution in [0.4, 0.5) is 5.82 Å². The van der Waals surface area contributed by atoms with Crippen molar-refractivity contribution in [2.75, 3.05) is 30.3 Å². The van der Waals surface area contributed by atoms with Gasteiger partial charge in [-0.3, -0.25) is 14.5 Å². The lowest BCUT2D eigenvalue weighted by Gasteiger charge is -2.24. The maximum atomic E-state index is 13.9. The van der Waals surface area contributed by atoms with Crippen molar-refractivity contribution in [3.8, 4) is 16.9 Å². The largest absolute Gasteiger partial charge is 0.376 e. The van der Waals surface area contributed by atoms with Crippen LogP contribution < -0.4 is 10.2 Å². The van der Waals surface area contributed by atoms with E-state index < -0.39 is 0 Å². The second kappa shape index (κ2) is 11.9. The highest BCUT2D eigenvalue weighted by molar-refractivity contribution is 8.00. The van der Waals surface area contributed by atoms with Gasteiger partial charge in [0.15, 0.2) is 0 Å². The first-order valence-corrected chi connectivity index (χ1v) is 15.2. The molecule has 1 fully saturated rings. The zero-order valence-corrected chi connectivity index (χ0v) is 24.2. The Morgan fingerprint density at radius 2 is 1.78 bits per heavy atom. The van der Waals surface area contributed by atoms with Gasteiger partial charge >= 0.3 is 0 Å². The number of benzene rings is 3. The highest BCUT2D eigenvalue weighted by atomic mass is 32.2. The number of rotatable bonds is 7. The highest BCUT2D eigenvalue weighted by Crippen LogP contribution is 2.49. The number of carbonyl (C=O) groups is 2. The minimum atomic E-state index is -0.211. The first-order chi connectivity index (χ1) is 20.0. The number of hydrogen-bond acceptors (Lipinski definition) is 5. The molecule has 3 aromatic carbocycles. The summed E-state index contributed by atoms with van der Waals surface area (Å²) in [5, 5.41) is 8.03. The molecule has 0 saturated carbocycles. The molecule has 8 heteroatoms. The third-order valence-electron chi connectivity index (χ3n) is 7.74. The van der Waals surface area contributed by atoms with Gasteiger partial charge in [0.2, 0.25) is 11.8 Å². The van der Waals surface area contributed by atoms with Crippen LogP contribution in [0.15, 0.2) is 78.9 Å². The maximum absolute atomic E-state index is 13.9. The summed E-state index contributed by atoms with van der Waals surface area (Å²) in [5.41, 5.74) is 6.96. The Kier molecular flexibility index (Phi) is 7.94. The molecule has 7 nitrogen and oxygen atoms in total. The van der Waals surface area contributed by atoms with Gasteiger partial charge in [-0.2, -0.15) is 5.10 Å². The van der Waals surface area contributed by atoms with Crippen LogP contribution in [-0.4, -0.2) is 53.1 Å². The molecular weight excluding hydrogens is 532 g/mol. The second-order valence-electron chi connectivity index (χ2n) is 10.7. The van der Waals surface area contributed by atoms with Crippen molar-refractivity contribution in [2.24, 2.45) is 0 Å². The van der Waals surface area contributed by atoms with Crippen LogP contribution in [0, 0.1) is 13.8 Å². The minimum absolute atomic E-state index is 0.0260. The van der Waals surface area contributed by atoms with Crippen molar-refractivity contribution in [1.29, 1.82) is 0 Å². The zero-order chi connectivity index (χ0) is 28.3. The fourth-order valence-corrected chi connectivity index (χ4v) is 6.85. The number of anilines is 1. The number of hydrogen-bond donors (Lipinski definition) is 1. The van der Waals surface area contributed by atoms with Gasteiger partial charge in [0.05, 0.1) is 28.5 Å². The topological polar surface area (TPSA) is 76.5 Å². The molecule has 2 amide bonds. The first kappa shape index (κ1) is 27.3. The lowest BCUT2D eigenvalue weighted by molar-refractivity contribution is -0.123. The van der Waals surface area contributed by atoms with Gasteiger partial charge in [0, 0.05) is 24.3 Å². The summed E-state index contributed by atoms with van der Waals surface area (Å²) < 4.78 is 7.54. The van der Waals surface area contributed by atoms with E-state index in [-0.39, 0.29) is 35.5 Å². The summed E-state index contributed by atoms with van der Waals surface area (Å²) in [4.78, 5) is 28.8. The molecule has 1 aromatic heterocycles. The van der Waals surface area contributed by atoms with Crippen LogP contribution in [-0.2, 0) is 14.3 Å². The molecule has 41 heavy (non-hydrogen) atoms. The Labute approximate surface area is 244 Å². The molecular formula is C33H34N4O3S. The molecule has 2 aliphatic rings. The summed E-state index contributed by atoms with van der Waals surface area (Å²) in [6.45, 7) is 5.23. The number of ether oxygens (including phenoxy) is 1. The fraction of sp³-hybridized carbons (Fsp3) is 0.303. The standard InChI is InChI=1S/C33H34N4O3S/c1-22-14-16-25(17-15-22)37-33-30(31(35-37)24-10-4-3-5-11-24)32(27-13-7-6-9-23(27)2)41-21-29(39)36(33)20-28(38)34-19-26-12-8-18-40-26/h3-7,9-11,13-17,26,32H,8,12,18-21H2,1-2H3,(H,34,38)/t26-,32-/m0/s1. The van der Waals surface area contributed by atoms with E-state index in [0.717, 1.165) is 58.6 Å². The lowest BCUT2D eigenvalue weighted by Crippen LogP contribution is -2.44. The Morgan fingerprint density at radius 1 is 1.02 bits per heavy atom. The highest BCUT2D eigenvalue weighted by Gasteiger charge is 2.38. The van der Waals surface area contributed by atoms with E-state index in [9.17, 15) is 9.59 Å². The molecule has 6 rings (SSSR count). The summed E-state index contributed by atoms with van der Waals surface area (Å²) >= 11 is 1.59. The van der Waals surface area contributed by atoms with Crippen LogP contribution in [0.3, 0.4) is 0 Å². The van der Waals surface area contributed by atoms with Crippen LogP contribution in [0.1, 0.15) is 40.3 Å². The lowest BCUT2D eigenvalue weighted by atomic mass is 9.97. The predicted molar refractivity (Wildman–Crippen MR) is 164 cm³/mol. The molecule has 0 aliphatic carbocycles. The molecule has 2 aliphatic heterocycles. The summed E-state index contributed by atoms with van der Waals surface area (Å²) in [6.07, 6.45) is 1.96. The third kappa shape index (κ3) is 5.67. The van der Waals surface area contributed by atoms with Crippen LogP contribution in [0.25, 0.3) is 16.9 Å². The molecule has 0 spiro atoms. The minimum Gasteiger partial charge on any atom is -0.376 e. The second-order valence-corrected chi connectivity index (χ2v) is 11.8. The monoisotopic (exact) mass is 566 g/mol. The van der Waals surface area contributed by atoms with Crippen molar-refractivity contribution < 1.29 is 14.3 Å². The Bertz CT molecular complexity index is 1540. The van der Waals surface area contributed by atoms with Gasteiger partial charge in [-0.1, -0.05) is 72.3 Å². The normalized spacial score (nSPS) is 18.7. The molecule has 0 radical (unpaired) electrons. The smallest absolute Gasteiger partial charge is 0.240 e. The van der Waals surface area contributed by atoms with Gasteiger partial charge in [0.1, 0.15) is 12.4 Å². The van der Waals surface area contributed by atoms with Crippen LogP contribution in [0.2, 0.25) is 0 Å². The number of thioether (sulfide) groups is 1. The number of carbonyl (C=O) groups excluding carboxylic acids is 2. The van der Waals surface area contributed by atoms with Gasteiger partial charge in [-0.25, -0.2) is 4.68 Å². The average Bonchev–Trinajstić information content (AvgIpc) is 3.62. The van der Waals surface area contributed by atoms with Crippen molar-refractivity contribution >= 4 is 29.4 Å². The SMILES string of the molecule is Cc1ccc(-n2nc(-c3ccccc3)c3c2N(CC(=O)NC[C@@H]2CCCO2)C(=O)CS[C@H]3c2ccccc2C)cc1. The van der Waals surface area contributed by atoms with Gasteiger partial charge in [0.25, 0.3) is 0 Å². The summed E-state index contributed by atoms with van der Waals surface area (Å²) in [5.74, 6) is 0.558. The molecule has 4 aromatic rings. The number of nitrogens with zero attached hydrogens (tertiary/aromatic N) is 3. The quantitative estimate of drug-likeness (QED) is 0.314. The third-order valence-corrected chi connectivity index (χ3v) is 8.97. The first-order valence-electron chi connectivity index (χ1n) is 14.1. The molecule has 3 heterocycles. The summed E-state index contributed by atoms with van der Waals surface area (Å²) in [6, 6.07) is 26.5. The van der Waals surface area contributed by atoms with Crippen molar-refractivity contribution in [3.05, 3.63) is 101 Å². The number of aromatic nitrogens is 2. The molecule has 210 valence electrons. The molecule has 0 bridgehead atoms. The number of aryl methyl sites for hydroxylation is 2. The average molecular weight is 567 g/mol.